The summed E-state index contributed by atoms with van der Waals surface area (Å²) in [5.74, 6) is 0.00423. The van der Waals surface area contributed by atoms with Crippen molar-refractivity contribution < 1.29 is 9.53 Å². The molecule has 0 aliphatic heterocycles. The fourth-order valence-electron chi connectivity index (χ4n) is 1.57. The highest BCUT2D eigenvalue weighted by atomic mass is 32.1. The van der Waals surface area contributed by atoms with Gasteiger partial charge in [0.1, 0.15) is 4.99 Å². The standard InChI is InChI=1S/C11H16N4O2S/c1-7(11(16)17-3)6-15(2)10-8(9(12)18)4-5-13-14-10/h4-5,7H,6H2,1-3H3,(H2,12,18). The second-order valence-corrected chi connectivity index (χ2v) is 4.38. The van der Waals surface area contributed by atoms with Gasteiger partial charge >= 0.3 is 5.97 Å². The smallest absolute Gasteiger partial charge is 0.310 e. The van der Waals surface area contributed by atoms with Gasteiger partial charge in [-0.1, -0.05) is 19.1 Å². The molecule has 98 valence electrons. The number of anilines is 1. The Hall–Kier alpha value is -1.76. The van der Waals surface area contributed by atoms with E-state index in [-0.39, 0.29) is 16.9 Å². The Labute approximate surface area is 111 Å². The van der Waals surface area contributed by atoms with Crippen molar-refractivity contribution in [2.45, 2.75) is 6.92 Å². The number of thiocarbonyl (C=S) groups is 1. The van der Waals surface area contributed by atoms with Crippen molar-refractivity contribution in [3.8, 4) is 0 Å². The average molecular weight is 268 g/mol. The van der Waals surface area contributed by atoms with Gasteiger partial charge < -0.3 is 15.4 Å². The number of hydrogen-bond donors (Lipinski definition) is 1. The lowest BCUT2D eigenvalue weighted by molar-refractivity contribution is -0.144. The highest BCUT2D eigenvalue weighted by molar-refractivity contribution is 7.80. The van der Waals surface area contributed by atoms with Crippen LogP contribution in [0, 0.1) is 5.92 Å². The zero-order valence-corrected chi connectivity index (χ0v) is 11.4. The summed E-state index contributed by atoms with van der Waals surface area (Å²) >= 11 is 4.95. The molecule has 0 amide bonds. The first-order chi connectivity index (χ1) is 8.47. The lowest BCUT2D eigenvalue weighted by Gasteiger charge is -2.22. The molecular weight excluding hydrogens is 252 g/mol. The minimum atomic E-state index is -0.277. The Kier molecular flexibility index (Phi) is 4.96. The van der Waals surface area contributed by atoms with E-state index in [0.717, 1.165) is 0 Å². The van der Waals surface area contributed by atoms with Crippen molar-refractivity contribution in [2.75, 3.05) is 25.6 Å². The quantitative estimate of drug-likeness (QED) is 0.609. The first-order valence-electron chi connectivity index (χ1n) is 5.37. The Morgan fingerprint density at radius 2 is 2.33 bits per heavy atom. The number of carbonyl (C=O) groups is 1. The summed E-state index contributed by atoms with van der Waals surface area (Å²) in [6.45, 7) is 2.22. The zero-order valence-electron chi connectivity index (χ0n) is 10.6. The topological polar surface area (TPSA) is 81.3 Å². The maximum absolute atomic E-state index is 11.4. The number of carbonyl (C=O) groups excluding carboxylic acids is 1. The molecule has 2 N–H and O–H groups in total. The van der Waals surface area contributed by atoms with Crippen LogP contribution in [0.25, 0.3) is 0 Å². The van der Waals surface area contributed by atoms with E-state index in [9.17, 15) is 4.79 Å². The van der Waals surface area contributed by atoms with Crippen LogP contribution in [0.1, 0.15) is 12.5 Å². The van der Waals surface area contributed by atoms with Crippen molar-refractivity contribution >= 4 is 29.0 Å². The molecule has 1 unspecified atom stereocenters. The average Bonchev–Trinajstić information content (AvgIpc) is 2.37. The van der Waals surface area contributed by atoms with E-state index in [4.69, 9.17) is 18.0 Å². The molecule has 6 nitrogen and oxygen atoms in total. The third kappa shape index (κ3) is 3.36. The molecule has 7 heteroatoms. The zero-order chi connectivity index (χ0) is 13.7. The van der Waals surface area contributed by atoms with Gasteiger partial charge in [0, 0.05) is 13.6 Å². The van der Waals surface area contributed by atoms with Crippen molar-refractivity contribution in [1.82, 2.24) is 10.2 Å². The first kappa shape index (κ1) is 14.3. The number of rotatable bonds is 5. The molecule has 0 aliphatic rings. The minimum Gasteiger partial charge on any atom is -0.469 e. The van der Waals surface area contributed by atoms with Crippen LogP contribution in [-0.4, -0.2) is 41.9 Å². The molecule has 0 saturated heterocycles. The van der Waals surface area contributed by atoms with Crippen LogP contribution >= 0.6 is 12.2 Å². The van der Waals surface area contributed by atoms with E-state index in [1.807, 2.05) is 0 Å². The van der Waals surface area contributed by atoms with Gasteiger partial charge in [0.05, 0.1) is 24.8 Å². The van der Waals surface area contributed by atoms with Crippen molar-refractivity contribution in [3.63, 3.8) is 0 Å². The van der Waals surface area contributed by atoms with E-state index in [0.29, 0.717) is 17.9 Å². The molecule has 0 fully saturated rings. The lowest BCUT2D eigenvalue weighted by Crippen LogP contribution is -2.31. The number of aromatic nitrogens is 2. The molecule has 18 heavy (non-hydrogen) atoms. The van der Waals surface area contributed by atoms with Crippen LogP contribution in [0.4, 0.5) is 5.82 Å². The van der Waals surface area contributed by atoms with Gasteiger partial charge in [-0.15, -0.1) is 5.10 Å². The van der Waals surface area contributed by atoms with Gasteiger partial charge in [0.25, 0.3) is 0 Å². The molecule has 0 aromatic carbocycles. The van der Waals surface area contributed by atoms with Crippen LogP contribution in [0.2, 0.25) is 0 Å². The van der Waals surface area contributed by atoms with E-state index >= 15 is 0 Å². The molecule has 1 rings (SSSR count). The number of nitrogens with two attached hydrogens (primary N) is 1. The number of methoxy groups -OCH3 is 1. The van der Waals surface area contributed by atoms with Crippen LogP contribution in [0.5, 0.6) is 0 Å². The molecule has 1 atom stereocenters. The largest absolute Gasteiger partial charge is 0.469 e. The highest BCUT2D eigenvalue weighted by Crippen LogP contribution is 2.16. The fraction of sp³-hybridized carbons (Fsp3) is 0.455. The number of hydrogen-bond acceptors (Lipinski definition) is 6. The predicted octanol–water partition coefficient (Wildman–Crippen LogP) is 0.356. The summed E-state index contributed by atoms with van der Waals surface area (Å²) in [6.07, 6.45) is 1.52. The number of ether oxygens (including phenoxy) is 1. The Bertz CT molecular complexity index is 452. The third-order valence-electron chi connectivity index (χ3n) is 2.48. The van der Waals surface area contributed by atoms with Crippen molar-refractivity contribution in [3.05, 3.63) is 17.8 Å². The van der Waals surface area contributed by atoms with E-state index in [1.54, 1.807) is 24.9 Å². The molecule has 0 radical (unpaired) electrons. The van der Waals surface area contributed by atoms with E-state index < -0.39 is 0 Å². The van der Waals surface area contributed by atoms with E-state index in [1.165, 1.54) is 13.3 Å². The summed E-state index contributed by atoms with van der Waals surface area (Å²) in [7, 11) is 3.16. The normalized spacial score (nSPS) is 11.7. The lowest BCUT2D eigenvalue weighted by atomic mass is 10.1. The maximum Gasteiger partial charge on any atom is 0.310 e. The molecule has 0 bridgehead atoms. The summed E-state index contributed by atoms with van der Waals surface area (Å²) in [4.78, 5) is 13.4. The van der Waals surface area contributed by atoms with Crippen LogP contribution < -0.4 is 10.6 Å². The SMILES string of the molecule is COC(=O)C(C)CN(C)c1nnccc1C(N)=S. The summed E-state index contributed by atoms with van der Waals surface area (Å²) in [6, 6.07) is 1.70. The molecule has 0 saturated carbocycles. The Morgan fingerprint density at radius 3 is 2.89 bits per heavy atom. The molecule has 1 aromatic rings. The molecule has 0 spiro atoms. The maximum atomic E-state index is 11.4. The van der Waals surface area contributed by atoms with Gasteiger partial charge in [-0.05, 0) is 6.07 Å². The Balaban J connectivity index is 2.87. The van der Waals surface area contributed by atoms with Crippen LogP contribution in [-0.2, 0) is 9.53 Å². The molecule has 0 aliphatic carbocycles. The second-order valence-electron chi connectivity index (χ2n) is 3.94. The summed E-state index contributed by atoms with van der Waals surface area (Å²) < 4.78 is 4.67. The van der Waals surface area contributed by atoms with Crippen LogP contribution in [0.3, 0.4) is 0 Å². The Morgan fingerprint density at radius 1 is 1.67 bits per heavy atom. The minimum absolute atomic E-state index is 0.248. The fourth-order valence-corrected chi connectivity index (χ4v) is 1.73. The van der Waals surface area contributed by atoms with Crippen molar-refractivity contribution in [1.29, 1.82) is 0 Å². The second kappa shape index (κ2) is 6.25. The number of esters is 1. The first-order valence-corrected chi connectivity index (χ1v) is 5.78. The number of nitrogens with zero attached hydrogens (tertiary/aromatic N) is 3. The van der Waals surface area contributed by atoms with Crippen LogP contribution in [0.15, 0.2) is 12.3 Å². The van der Waals surface area contributed by atoms with Gasteiger partial charge in [-0.25, -0.2) is 0 Å². The predicted molar refractivity (Wildman–Crippen MR) is 72.4 cm³/mol. The van der Waals surface area contributed by atoms with Crippen molar-refractivity contribution in [2.24, 2.45) is 11.7 Å². The van der Waals surface area contributed by atoms with Gasteiger partial charge in [0.15, 0.2) is 5.82 Å². The monoisotopic (exact) mass is 268 g/mol. The van der Waals surface area contributed by atoms with Gasteiger partial charge in [-0.3, -0.25) is 4.79 Å². The van der Waals surface area contributed by atoms with Gasteiger partial charge in [0.2, 0.25) is 0 Å². The summed E-state index contributed by atoms with van der Waals surface area (Å²) in [5, 5.41) is 7.79. The van der Waals surface area contributed by atoms with Gasteiger partial charge in [-0.2, -0.15) is 5.10 Å². The highest BCUT2D eigenvalue weighted by Gasteiger charge is 2.18. The third-order valence-corrected chi connectivity index (χ3v) is 2.70. The molecular formula is C11H16N4O2S. The van der Waals surface area contributed by atoms with E-state index in [2.05, 4.69) is 14.9 Å². The molecule has 1 aromatic heterocycles. The summed E-state index contributed by atoms with van der Waals surface area (Å²) in [5.41, 5.74) is 6.25. The molecule has 1 heterocycles.